The first kappa shape index (κ1) is 14.4. The average Bonchev–Trinajstić information content (AvgIpc) is 2.15. The first-order chi connectivity index (χ1) is 6.81. The molecule has 0 spiro atoms. The zero-order valence-electron chi connectivity index (χ0n) is 10.3. The van der Waals surface area contributed by atoms with Crippen LogP contribution < -0.4 is 11.1 Å². The summed E-state index contributed by atoms with van der Waals surface area (Å²) >= 11 is 0. The quantitative estimate of drug-likeness (QED) is 0.614. The van der Waals surface area contributed by atoms with E-state index in [2.05, 4.69) is 5.32 Å². The van der Waals surface area contributed by atoms with E-state index in [0.717, 1.165) is 0 Å². The van der Waals surface area contributed by atoms with E-state index in [1.54, 1.807) is 0 Å². The van der Waals surface area contributed by atoms with Crippen LogP contribution in [-0.2, 0) is 4.79 Å². The Hall–Kier alpha value is -0.610. The molecule has 0 heterocycles. The number of aliphatic hydroxyl groups is 1. The molecule has 0 aromatic rings. The molecule has 0 aromatic carbocycles. The Morgan fingerprint density at radius 2 is 1.80 bits per heavy atom. The molecule has 0 radical (unpaired) electrons. The molecule has 1 amide bonds. The molecule has 4 nitrogen and oxygen atoms in total. The van der Waals surface area contributed by atoms with Gasteiger partial charge in [0.2, 0.25) is 5.91 Å². The molecule has 4 heteroatoms. The second-order valence-electron chi connectivity index (χ2n) is 4.67. The third-order valence-electron chi connectivity index (χ3n) is 2.90. The molecule has 0 atom stereocenters. The minimum Gasteiger partial charge on any atom is -0.396 e. The van der Waals surface area contributed by atoms with Crippen LogP contribution >= 0.6 is 0 Å². The van der Waals surface area contributed by atoms with Gasteiger partial charge in [0.1, 0.15) is 0 Å². The van der Waals surface area contributed by atoms with Gasteiger partial charge in [-0.05, 0) is 33.1 Å². The number of carbonyl (C=O) groups excluding carboxylic acids is 1. The predicted octanol–water partition coefficient (Wildman–Crippen LogP) is 0.781. The van der Waals surface area contributed by atoms with Gasteiger partial charge in [-0.2, -0.15) is 0 Å². The molecule has 0 aliphatic carbocycles. The highest BCUT2D eigenvalue weighted by atomic mass is 16.3. The zero-order valence-corrected chi connectivity index (χ0v) is 10.3. The largest absolute Gasteiger partial charge is 0.396 e. The van der Waals surface area contributed by atoms with Gasteiger partial charge in [0.25, 0.3) is 0 Å². The molecule has 0 aromatic heterocycles. The fourth-order valence-electron chi connectivity index (χ4n) is 1.34. The van der Waals surface area contributed by atoms with E-state index in [1.165, 1.54) is 0 Å². The van der Waals surface area contributed by atoms with Crippen LogP contribution in [0.15, 0.2) is 0 Å². The summed E-state index contributed by atoms with van der Waals surface area (Å²) in [6.45, 7) is 7.63. The van der Waals surface area contributed by atoms with E-state index in [4.69, 9.17) is 10.8 Å². The van der Waals surface area contributed by atoms with Crippen LogP contribution in [0.1, 0.15) is 47.0 Å². The summed E-state index contributed by atoms with van der Waals surface area (Å²) in [6.07, 6.45) is 1.76. The number of hydrogen-bond donors (Lipinski definition) is 3. The maximum Gasteiger partial charge on any atom is 0.240 e. The number of aliphatic hydroxyl groups excluding tert-OH is 1. The van der Waals surface area contributed by atoms with Crippen molar-refractivity contribution in [2.75, 3.05) is 6.61 Å². The van der Waals surface area contributed by atoms with Crippen LogP contribution in [0.4, 0.5) is 0 Å². The highest BCUT2D eigenvalue weighted by Crippen LogP contribution is 2.15. The van der Waals surface area contributed by atoms with E-state index in [0.29, 0.717) is 19.3 Å². The van der Waals surface area contributed by atoms with Crippen molar-refractivity contribution in [1.29, 1.82) is 0 Å². The van der Waals surface area contributed by atoms with Crippen molar-refractivity contribution in [3.63, 3.8) is 0 Å². The summed E-state index contributed by atoms with van der Waals surface area (Å²) in [5, 5.41) is 11.7. The van der Waals surface area contributed by atoms with Crippen molar-refractivity contribution >= 4 is 5.91 Å². The lowest BCUT2D eigenvalue weighted by molar-refractivity contribution is -0.128. The van der Waals surface area contributed by atoms with Crippen molar-refractivity contribution in [3.8, 4) is 0 Å². The summed E-state index contributed by atoms with van der Waals surface area (Å²) in [5.41, 5.74) is 4.78. The second-order valence-corrected chi connectivity index (χ2v) is 4.67. The highest BCUT2D eigenvalue weighted by Gasteiger charge is 2.33. The maximum absolute atomic E-state index is 11.9. The molecule has 0 bridgehead atoms. The molecule has 0 aliphatic rings. The van der Waals surface area contributed by atoms with Gasteiger partial charge in [-0.25, -0.2) is 0 Å². The number of carbonyl (C=O) groups is 1. The molecule has 0 aliphatic heterocycles. The third-order valence-corrected chi connectivity index (χ3v) is 2.90. The Balaban J connectivity index is 4.47. The second kappa shape index (κ2) is 5.47. The molecule has 0 saturated heterocycles. The highest BCUT2D eigenvalue weighted by molar-refractivity contribution is 5.86. The third kappa shape index (κ3) is 4.18. The fourth-order valence-corrected chi connectivity index (χ4v) is 1.34. The summed E-state index contributed by atoms with van der Waals surface area (Å²) in [6, 6.07) is 0. The number of nitrogens with one attached hydrogen (secondary N) is 1. The Bertz CT molecular complexity index is 211. The van der Waals surface area contributed by atoms with Gasteiger partial charge in [-0.15, -0.1) is 0 Å². The van der Waals surface area contributed by atoms with Crippen molar-refractivity contribution < 1.29 is 9.90 Å². The summed E-state index contributed by atoms with van der Waals surface area (Å²) < 4.78 is 0. The molecule has 15 heavy (non-hydrogen) atoms. The topological polar surface area (TPSA) is 75.4 Å². The van der Waals surface area contributed by atoms with Crippen LogP contribution in [0.5, 0.6) is 0 Å². The van der Waals surface area contributed by atoms with E-state index in [-0.39, 0.29) is 12.5 Å². The lowest BCUT2D eigenvalue weighted by Crippen LogP contribution is -2.58. The maximum atomic E-state index is 11.9. The van der Waals surface area contributed by atoms with Crippen molar-refractivity contribution in [1.82, 2.24) is 5.32 Å². The zero-order chi connectivity index (χ0) is 12.1. The number of rotatable bonds is 6. The molecule has 0 unspecified atom stereocenters. The molecule has 4 N–H and O–H groups in total. The van der Waals surface area contributed by atoms with Crippen LogP contribution in [0.3, 0.4) is 0 Å². The van der Waals surface area contributed by atoms with Gasteiger partial charge in [-0.3, -0.25) is 4.79 Å². The van der Waals surface area contributed by atoms with Gasteiger partial charge in [0, 0.05) is 12.1 Å². The van der Waals surface area contributed by atoms with Gasteiger partial charge in [-0.1, -0.05) is 13.8 Å². The van der Waals surface area contributed by atoms with Gasteiger partial charge in [0.05, 0.1) is 5.54 Å². The Morgan fingerprint density at radius 3 is 2.13 bits per heavy atom. The summed E-state index contributed by atoms with van der Waals surface area (Å²) in [5.74, 6) is -0.133. The monoisotopic (exact) mass is 216 g/mol. The van der Waals surface area contributed by atoms with Crippen molar-refractivity contribution in [2.24, 2.45) is 5.73 Å². The van der Waals surface area contributed by atoms with Crippen molar-refractivity contribution in [2.45, 2.75) is 58.0 Å². The Morgan fingerprint density at radius 1 is 1.33 bits per heavy atom. The van der Waals surface area contributed by atoms with Gasteiger partial charge < -0.3 is 16.2 Å². The molecule has 0 saturated carbocycles. The fraction of sp³-hybridized carbons (Fsp3) is 0.909. The first-order valence-corrected chi connectivity index (χ1v) is 5.53. The normalized spacial score (nSPS) is 12.7. The van der Waals surface area contributed by atoms with E-state index in [9.17, 15) is 4.79 Å². The van der Waals surface area contributed by atoms with Crippen LogP contribution in [0, 0.1) is 0 Å². The lowest BCUT2D eigenvalue weighted by Gasteiger charge is -2.32. The number of nitrogens with two attached hydrogens (primary N) is 1. The number of amides is 1. The number of hydrogen-bond acceptors (Lipinski definition) is 3. The minimum absolute atomic E-state index is 0.0586. The molecule has 90 valence electrons. The molecule has 0 fully saturated rings. The Labute approximate surface area is 92.2 Å². The molecular formula is C11H24N2O2. The average molecular weight is 216 g/mol. The smallest absolute Gasteiger partial charge is 0.240 e. The first-order valence-electron chi connectivity index (χ1n) is 5.53. The van der Waals surface area contributed by atoms with Gasteiger partial charge in [0.15, 0.2) is 0 Å². The van der Waals surface area contributed by atoms with Crippen molar-refractivity contribution in [3.05, 3.63) is 0 Å². The van der Waals surface area contributed by atoms with Gasteiger partial charge >= 0.3 is 0 Å². The molecular weight excluding hydrogens is 192 g/mol. The van der Waals surface area contributed by atoms with E-state index in [1.807, 2.05) is 27.7 Å². The summed E-state index contributed by atoms with van der Waals surface area (Å²) in [4.78, 5) is 11.9. The van der Waals surface area contributed by atoms with E-state index >= 15 is 0 Å². The SMILES string of the molecule is CCC(N)(CC)C(=O)NC(C)(C)CCO. The van der Waals surface area contributed by atoms with Crippen LogP contribution in [0.25, 0.3) is 0 Å². The lowest BCUT2D eigenvalue weighted by atomic mass is 9.91. The minimum atomic E-state index is -0.785. The van der Waals surface area contributed by atoms with Crippen LogP contribution in [-0.4, -0.2) is 28.7 Å². The molecule has 0 rings (SSSR count). The standard InChI is InChI=1S/C11H24N2O2/c1-5-11(12,6-2)9(15)13-10(3,4)7-8-14/h14H,5-8,12H2,1-4H3,(H,13,15). The Kier molecular flexibility index (Phi) is 5.24. The van der Waals surface area contributed by atoms with Crippen LogP contribution in [0.2, 0.25) is 0 Å². The summed E-state index contributed by atoms with van der Waals surface area (Å²) in [7, 11) is 0. The van der Waals surface area contributed by atoms with E-state index < -0.39 is 11.1 Å². The predicted molar refractivity (Wildman–Crippen MR) is 61.4 cm³/mol.